The Morgan fingerprint density at radius 1 is 0.868 bits per heavy atom. The van der Waals surface area contributed by atoms with Crippen molar-refractivity contribution in [2.45, 2.75) is 89.8 Å². The van der Waals surface area contributed by atoms with Gasteiger partial charge in [-0.3, -0.25) is 20.2 Å². The molecule has 0 unspecified atom stereocenters. The fourth-order valence-electron chi connectivity index (χ4n) is 8.51. The number of nitrogens with zero attached hydrogens (tertiary/aromatic N) is 2. The summed E-state index contributed by atoms with van der Waals surface area (Å²) < 4.78 is 33.6. The van der Waals surface area contributed by atoms with E-state index >= 15 is 4.39 Å². The molecule has 0 spiro atoms. The predicted octanol–water partition coefficient (Wildman–Crippen LogP) is 9.78. The second-order valence-corrected chi connectivity index (χ2v) is 24.1. The summed E-state index contributed by atoms with van der Waals surface area (Å²) in [7, 11) is -2.31. The molecule has 1 aromatic heterocycles. The van der Waals surface area contributed by atoms with Crippen molar-refractivity contribution < 1.29 is 37.8 Å². The van der Waals surface area contributed by atoms with Crippen LogP contribution in [0, 0.1) is 11.7 Å². The van der Waals surface area contributed by atoms with Gasteiger partial charge >= 0.3 is 12.2 Å². The first-order valence-electron chi connectivity index (χ1n) is 23.6. The molecule has 2 saturated heterocycles. The fraction of sp³-hybridized carbons (Fsp3) is 0.423. The Bertz CT molecular complexity index is 2590. The monoisotopic (exact) mass is 948 g/mol. The molecule has 4 aromatic carbocycles. The molecule has 0 saturated carbocycles. The minimum absolute atomic E-state index is 0.0372. The quantitative estimate of drug-likeness (QED) is 0.0599. The summed E-state index contributed by atoms with van der Waals surface area (Å²) >= 11 is 0. The maximum Gasteiger partial charge on any atom is 0.411 e. The number of hydrogen-bond acceptors (Lipinski definition) is 10. The highest BCUT2D eigenvalue weighted by atomic mass is 28.4. The Hall–Kier alpha value is -6.07. The Balaban J connectivity index is 0.796. The van der Waals surface area contributed by atoms with Crippen LogP contribution in [0.2, 0.25) is 18.1 Å². The fourth-order valence-corrected chi connectivity index (χ4v) is 9.78. The summed E-state index contributed by atoms with van der Waals surface area (Å²) in [4.78, 5) is 57.7. The molecule has 2 aliphatic heterocycles. The van der Waals surface area contributed by atoms with E-state index in [1.807, 2.05) is 59.5 Å². The van der Waals surface area contributed by atoms with Gasteiger partial charge in [0.25, 0.3) is 0 Å². The van der Waals surface area contributed by atoms with E-state index in [0.717, 1.165) is 29.8 Å². The molecule has 7 rings (SSSR count). The molecule has 16 heteroatoms. The molecular formula is C52H65FN6O8Si. The Morgan fingerprint density at radius 3 is 2.31 bits per heavy atom. The molecule has 14 nitrogen and oxygen atoms in total. The van der Waals surface area contributed by atoms with Gasteiger partial charge in [-0.15, -0.1) is 0 Å². The molecule has 1 atom stereocenters. The van der Waals surface area contributed by atoms with Crippen molar-refractivity contribution in [3.8, 4) is 16.9 Å². The van der Waals surface area contributed by atoms with Crippen LogP contribution in [0.3, 0.4) is 0 Å². The topological polar surface area (TPSA) is 175 Å². The van der Waals surface area contributed by atoms with Gasteiger partial charge in [-0.25, -0.2) is 14.0 Å². The number of rotatable bonds is 16. The number of phenols is 1. The SMILES string of the molecule is CC(C)(C)[Si](C)(C)O[C@@H](CNCc1ccc(NC(=O)OCC2CCN(C(=O)CCN3CCC(OC(=O)Nc4ccccc4-c4ccccc4)CC3)CC2)cc1F)c1ccc(O)c2[nH]c(=O)ccc12. The van der Waals surface area contributed by atoms with Crippen molar-refractivity contribution in [3.63, 3.8) is 0 Å². The van der Waals surface area contributed by atoms with E-state index in [2.05, 4.69) is 59.7 Å². The molecule has 3 heterocycles. The number of halogens is 1. The van der Waals surface area contributed by atoms with Crippen LogP contribution in [0.25, 0.3) is 22.0 Å². The lowest BCUT2D eigenvalue weighted by Gasteiger charge is -2.39. The van der Waals surface area contributed by atoms with Crippen molar-refractivity contribution in [3.05, 3.63) is 124 Å². The number of piperidine rings is 2. The summed E-state index contributed by atoms with van der Waals surface area (Å²) in [5, 5.41) is 20.0. The van der Waals surface area contributed by atoms with Crippen LogP contribution in [-0.2, 0) is 25.2 Å². The van der Waals surface area contributed by atoms with Gasteiger partial charge in [-0.05, 0) is 91.2 Å². The molecule has 5 N–H and O–H groups in total. The molecular weight excluding hydrogens is 884 g/mol. The molecule has 2 fully saturated rings. The largest absolute Gasteiger partial charge is 0.506 e. The molecule has 3 amide bonds. The van der Waals surface area contributed by atoms with E-state index in [1.165, 1.54) is 12.1 Å². The van der Waals surface area contributed by atoms with E-state index in [-0.39, 0.29) is 53.1 Å². The van der Waals surface area contributed by atoms with Crippen molar-refractivity contribution in [2.75, 3.05) is 56.5 Å². The average molecular weight is 949 g/mol. The van der Waals surface area contributed by atoms with Crippen LogP contribution in [0.1, 0.15) is 70.1 Å². The number of anilines is 2. The van der Waals surface area contributed by atoms with Gasteiger partial charge in [0.2, 0.25) is 11.5 Å². The molecule has 0 radical (unpaired) electrons. The predicted molar refractivity (Wildman–Crippen MR) is 266 cm³/mol. The highest BCUT2D eigenvalue weighted by Crippen LogP contribution is 2.41. The van der Waals surface area contributed by atoms with E-state index in [0.29, 0.717) is 80.4 Å². The Morgan fingerprint density at radius 2 is 1.59 bits per heavy atom. The normalized spacial score (nSPS) is 15.8. The van der Waals surface area contributed by atoms with E-state index in [9.17, 15) is 24.3 Å². The summed E-state index contributed by atoms with van der Waals surface area (Å²) in [5.74, 6) is -0.336. The van der Waals surface area contributed by atoms with Gasteiger partial charge in [-0.2, -0.15) is 0 Å². The number of carbonyl (C=O) groups excluding carboxylic acids is 3. The third kappa shape index (κ3) is 13.1. The first kappa shape index (κ1) is 49.8. The maximum atomic E-state index is 15.4. The maximum absolute atomic E-state index is 15.4. The van der Waals surface area contributed by atoms with Crippen LogP contribution in [-0.4, -0.2) is 98.3 Å². The molecule has 2 aliphatic rings. The molecule has 68 heavy (non-hydrogen) atoms. The zero-order valence-electron chi connectivity index (χ0n) is 39.7. The van der Waals surface area contributed by atoms with Crippen LogP contribution in [0.4, 0.5) is 25.4 Å². The number of pyridine rings is 1. The van der Waals surface area contributed by atoms with Gasteiger partial charge in [0.1, 0.15) is 17.7 Å². The third-order valence-corrected chi connectivity index (χ3v) is 18.0. The van der Waals surface area contributed by atoms with E-state index in [1.54, 1.807) is 30.3 Å². The number of likely N-dealkylation sites (tertiary alicyclic amines) is 2. The van der Waals surface area contributed by atoms with Crippen LogP contribution in [0.15, 0.2) is 102 Å². The Kier molecular flexibility index (Phi) is 16.4. The van der Waals surface area contributed by atoms with Crippen LogP contribution >= 0.6 is 0 Å². The number of carbonyl (C=O) groups is 3. The second-order valence-electron chi connectivity index (χ2n) is 19.4. The van der Waals surface area contributed by atoms with Gasteiger partial charge in [0.05, 0.1) is 23.9 Å². The highest BCUT2D eigenvalue weighted by molar-refractivity contribution is 6.74. The average Bonchev–Trinajstić information content (AvgIpc) is 3.31. The summed E-state index contributed by atoms with van der Waals surface area (Å²) in [6, 6.07) is 28.5. The first-order chi connectivity index (χ1) is 32.5. The number of fused-ring (bicyclic) bond motifs is 1. The number of para-hydroxylation sites is 1. The first-order valence-corrected chi connectivity index (χ1v) is 26.5. The number of aromatic hydroxyl groups is 1. The minimum atomic E-state index is -2.31. The van der Waals surface area contributed by atoms with Crippen LogP contribution < -0.4 is 21.5 Å². The molecule has 0 bridgehead atoms. The summed E-state index contributed by atoms with van der Waals surface area (Å²) in [6.45, 7) is 14.7. The summed E-state index contributed by atoms with van der Waals surface area (Å²) in [5.41, 5.74) is 4.09. The summed E-state index contributed by atoms with van der Waals surface area (Å²) in [6.07, 6.45) is 1.41. The lowest BCUT2D eigenvalue weighted by molar-refractivity contribution is -0.133. The zero-order valence-corrected chi connectivity index (χ0v) is 40.7. The van der Waals surface area contributed by atoms with Crippen molar-refractivity contribution in [2.24, 2.45) is 5.92 Å². The number of aromatic amines is 1. The number of benzene rings is 4. The van der Waals surface area contributed by atoms with Gasteiger partial charge < -0.3 is 39.1 Å². The second kappa shape index (κ2) is 22.4. The number of phenolic OH excluding ortho intramolecular Hbond substituents is 1. The number of ether oxygens (including phenoxy) is 2. The highest BCUT2D eigenvalue weighted by Gasteiger charge is 2.40. The minimum Gasteiger partial charge on any atom is -0.506 e. The molecule has 5 aromatic rings. The van der Waals surface area contributed by atoms with E-state index in [4.69, 9.17) is 13.9 Å². The third-order valence-electron chi connectivity index (χ3n) is 13.6. The van der Waals surface area contributed by atoms with Crippen LogP contribution in [0.5, 0.6) is 5.75 Å². The number of nitrogens with one attached hydrogen (secondary N) is 4. The number of amides is 3. The molecule has 0 aliphatic carbocycles. The van der Waals surface area contributed by atoms with Crippen molar-refractivity contribution in [1.82, 2.24) is 20.1 Å². The lowest BCUT2D eigenvalue weighted by Crippen LogP contribution is -2.43. The van der Waals surface area contributed by atoms with Gasteiger partial charge in [0.15, 0.2) is 8.32 Å². The number of H-pyrrole nitrogens is 1. The Labute approximate surface area is 398 Å². The van der Waals surface area contributed by atoms with Gasteiger partial charge in [-0.1, -0.05) is 81.4 Å². The van der Waals surface area contributed by atoms with Crippen molar-refractivity contribution >= 4 is 48.7 Å². The van der Waals surface area contributed by atoms with Gasteiger partial charge in [0, 0.05) is 80.5 Å². The zero-order chi connectivity index (χ0) is 48.4. The molecule has 362 valence electrons. The van der Waals surface area contributed by atoms with E-state index < -0.39 is 32.4 Å². The van der Waals surface area contributed by atoms with Crippen molar-refractivity contribution in [1.29, 1.82) is 0 Å². The number of aromatic nitrogens is 1. The lowest BCUT2D eigenvalue weighted by atomic mass is 9.97. The standard InChI is InChI=1S/C52H65FN6O8Si/c1-52(2,3)68(4,5)67-46(41-17-19-45(60)49-42(41)18-20-47(61)57-49)33-54-32-37-15-16-38(31-43(37)53)55-50(63)65-34-35-21-29-59(30-22-35)48(62)25-28-58-26-23-39(24-27-58)66-51(64)56-44-14-10-9-13-40(44)36-11-7-6-8-12-36/h6-20,31,35,39,46,54,60H,21-30,32-34H2,1-5H3,(H,55,63)(H,56,64)(H,57,61)/t46-/m0/s1. The number of hydrogen-bond donors (Lipinski definition) is 5. The smallest absolute Gasteiger partial charge is 0.411 e.